The number of aryl methyl sites for hydroxylation is 1. The van der Waals surface area contributed by atoms with Crippen LogP contribution in [-0.4, -0.2) is 46.0 Å². The van der Waals surface area contributed by atoms with Crippen LogP contribution in [0.2, 0.25) is 0 Å². The molecule has 3 rings (SSSR count). The van der Waals surface area contributed by atoms with E-state index in [0.717, 1.165) is 18.7 Å². The molecule has 20 heavy (non-hydrogen) atoms. The minimum atomic E-state index is -3.39. The van der Waals surface area contributed by atoms with Gasteiger partial charge in [0.1, 0.15) is 5.75 Å². The molecule has 2 atom stereocenters. The van der Waals surface area contributed by atoms with Gasteiger partial charge in [-0.25, -0.2) is 8.42 Å². The fraction of sp³-hybridized carbons (Fsp3) is 0.571. The fourth-order valence-electron chi connectivity index (χ4n) is 3.19. The Bertz CT molecular complexity index is 603. The lowest BCUT2D eigenvalue weighted by molar-refractivity contribution is 0.413. The first-order valence-electron chi connectivity index (χ1n) is 6.88. The molecule has 2 heterocycles. The highest BCUT2D eigenvalue weighted by molar-refractivity contribution is 7.89. The number of sulfonamides is 1. The normalized spacial score (nSPS) is 26.7. The molecule has 1 aromatic rings. The van der Waals surface area contributed by atoms with Crippen molar-refractivity contribution in [3.05, 3.63) is 23.8 Å². The standard InChI is InChI=1S/C14H20N2O3S/c1-10-5-13(19-2)3-4-14(10)20(17,18)16-8-11-6-15-7-12(11)9-16/h3-5,11-12,15H,6-9H2,1-2H3/t11-,12+. The topological polar surface area (TPSA) is 58.6 Å². The molecule has 6 heteroatoms. The number of nitrogens with one attached hydrogen (secondary N) is 1. The van der Waals surface area contributed by atoms with Gasteiger partial charge in [0.2, 0.25) is 10.0 Å². The molecule has 0 radical (unpaired) electrons. The minimum Gasteiger partial charge on any atom is -0.497 e. The molecule has 2 aliphatic heterocycles. The lowest BCUT2D eigenvalue weighted by Gasteiger charge is -2.19. The number of benzene rings is 1. The fourth-order valence-corrected chi connectivity index (χ4v) is 4.95. The Labute approximate surface area is 120 Å². The Hall–Kier alpha value is -1.11. The van der Waals surface area contributed by atoms with E-state index in [9.17, 15) is 8.42 Å². The van der Waals surface area contributed by atoms with Crippen molar-refractivity contribution in [2.45, 2.75) is 11.8 Å². The van der Waals surface area contributed by atoms with Crippen LogP contribution in [0.5, 0.6) is 5.75 Å². The molecule has 0 bridgehead atoms. The molecule has 2 fully saturated rings. The molecule has 0 amide bonds. The highest BCUT2D eigenvalue weighted by Crippen LogP contribution is 2.32. The molecule has 2 saturated heterocycles. The van der Waals surface area contributed by atoms with Gasteiger partial charge in [0.25, 0.3) is 0 Å². The summed E-state index contributed by atoms with van der Waals surface area (Å²) in [5, 5.41) is 3.32. The predicted molar refractivity (Wildman–Crippen MR) is 76.3 cm³/mol. The quantitative estimate of drug-likeness (QED) is 0.898. The third-order valence-corrected chi connectivity index (χ3v) is 6.35. The number of methoxy groups -OCH3 is 1. The van der Waals surface area contributed by atoms with Gasteiger partial charge in [-0.15, -0.1) is 0 Å². The third kappa shape index (κ3) is 2.21. The van der Waals surface area contributed by atoms with Crippen LogP contribution in [0.25, 0.3) is 0 Å². The largest absolute Gasteiger partial charge is 0.497 e. The SMILES string of the molecule is COc1ccc(S(=O)(=O)N2C[C@H]3CNC[C@H]3C2)c(C)c1. The first-order valence-corrected chi connectivity index (χ1v) is 8.32. The average molecular weight is 296 g/mol. The van der Waals surface area contributed by atoms with Crippen LogP contribution in [0.3, 0.4) is 0 Å². The van der Waals surface area contributed by atoms with Gasteiger partial charge in [0.05, 0.1) is 12.0 Å². The molecule has 110 valence electrons. The molecule has 1 N–H and O–H groups in total. The van der Waals surface area contributed by atoms with E-state index in [-0.39, 0.29) is 0 Å². The first kappa shape index (κ1) is 13.9. The second-order valence-corrected chi connectivity index (χ2v) is 7.54. The molecule has 1 aromatic carbocycles. The zero-order chi connectivity index (χ0) is 14.3. The summed E-state index contributed by atoms with van der Waals surface area (Å²) < 4.78 is 32.3. The zero-order valence-corrected chi connectivity index (χ0v) is 12.6. The Balaban J connectivity index is 1.89. The van der Waals surface area contributed by atoms with Gasteiger partial charge < -0.3 is 10.1 Å². The van der Waals surface area contributed by atoms with E-state index in [0.29, 0.717) is 35.6 Å². The molecular formula is C14H20N2O3S. The second kappa shape index (κ2) is 5.02. The molecule has 0 saturated carbocycles. The molecule has 2 aliphatic rings. The molecule has 0 unspecified atom stereocenters. The van der Waals surface area contributed by atoms with Gasteiger partial charge in [-0.05, 0) is 55.6 Å². The van der Waals surface area contributed by atoms with Crippen LogP contribution < -0.4 is 10.1 Å². The van der Waals surface area contributed by atoms with Crippen molar-refractivity contribution in [3.8, 4) is 5.75 Å². The maximum atomic E-state index is 12.8. The molecular weight excluding hydrogens is 276 g/mol. The summed E-state index contributed by atoms with van der Waals surface area (Å²) in [4.78, 5) is 0.395. The van der Waals surface area contributed by atoms with Crippen molar-refractivity contribution >= 4 is 10.0 Å². The first-order chi connectivity index (χ1) is 9.52. The van der Waals surface area contributed by atoms with E-state index in [2.05, 4.69) is 5.32 Å². The molecule has 5 nitrogen and oxygen atoms in total. The molecule has 0 aromatic heterocycles. The van der Waals surface area contributed by atoms with Crippen molar-refractivity contribution in [2.24, 2.45) is 11.8 Å². The van der Waals surface area contributed by atoms with E-state index in [1.165, 1.54) is 0 Å². The number of fused-ring (bicyclic) bond motifs is 1. The van der Waals surface area contributed by atoms with Crippen molar-refractivity contribution in [2.75, 3.05) is 33.3 Å². The van der Waals surface area contributed by atoms with Crippen molar-refractivity contribution in [1.82, 2.24) is 9.62 Å². The number of ether oxygens (including phenoxy) is 1. The Morgan fingerprint density at radius 2 is 1.90 bits per heavy atom. The molecule has 0 spiro atoms. The number of hydrogen-bond donors (Lipinski definition) is 1. The maximum Gasteiger partial charge on any atom is 0.243 e. The van der Waals surface area contributed by atoms with Crippen LogP contribution in [0.1, 0.15) is 5.56 Å². The monoisotopic (exact) mass is 296 g/mol. The summed E-state index contributed by atoms with van der Waals surface area (Å²) in [5.41, 5.74) is 0.736. The Morgan fingerprint density at radius 1 is 1.25 bits per heavy atom. The highest BCUT2D eigenvalue weighted by atomic mass is 32.2. The van der Waals surface area contributed by atoms with Crippen LogP contribution in [0.15, 0.2) is 23.1 Å². The van der Waals surface area contributed by atoms with Gasteiger partial charge in [-0.3, -0.25) is 0 Å². The highest BCUT2D eigenvalue weighted by Gasteiger charge is 2.41. The summed E-state index contributed by atoms with van der Waals surface area (Å²) in [6.07, 6.45) is 0. The third-order valence-electron chi connectivity index (χ3n) is 4.36. The van der Waals surface area contributed by atoms with E-state index in [1.54, 1.807) is 29.6 Å². The maximum absolute atomic E-state index is 12.8. The van der Waals surface area contributed by atoms with E-state index >= 15 is 0 Å². The summed E-state index contributed by atoms with van der Waals surface area (Å²) in [6.45, 7) is 4.93. The van der Waals surface area contributed by atoms with Gasteiger partial charge in [-0.1, -0.05) is 0 Å². The lowest BCUT2D eigenvalue weighted by atomic mass is 10.0. The Morgan fingerprint density at radius 3 is 2.45 bits per heavy atom. The van der Waals surface area contributed by atoms with E-state index in [1.807, 2.05) is 6.92 Å². The van der Waals surface area contributed by atoms with Gasteiger partial charge in [0, 0.05) is 13.1 Å². The minimum absolute atomic E-state index is 0.395. The van der Waals surface area contributed by atoms with Crippen LogP contribution in [-0.2, 0) is 10.0 Å². The summed E-state index contributed by atoms with van der Waals surface area (Å²) >= 11 is 0. The number of rotatable bonds is 3. The summed E-state index contributed by atoms with van der Waals surface area (Å²) in [5.74, 6) is 1.61. The van der Waals surface area contributed by atoms with Crippen molar-refractivity contribution in [1.29, 1.82) is 0 Å². The Kier molecular flexibility index (Phi) is 3.48. The summed E-state index contributed by atoms with van der Waals surface area (Å²) in [7, 11) is -1.81. The van der Waals surface area contributed by atoms with Crippen molar-refractivity contribution in [3.63, 3.8) is 0 Å². The average Bonchev–Trinajstić information content (AvgIpc) is 2.99. The van der Waals surface area contributed by atoms with Crippen LogP contribution in [0, 0.1) is 18.8 Å². The number of nitrogens with zero attached hydrogens (tertiary/aromatic N) is 1. The van der Waals surface area contributed by atoms with E-state index < -0.39 is 10.0 Å². The summed E-state index contributed by atoms with van der Waals surface area (Å²) in [6, 6.07) is 5.12. The predicted octanol–water partition coefficient (Wildman–Crippen LogP) is 0.844. The zero-order valence-electron chi connectivity index (χ0n) is 11.8. The lowest BCUT2D eigenvalue weighted by Crippen LogP contribution is -2.32. The van der Waals surface area contributed by atoms with E-state index in [4.69, 9.17) is 4.74 Å². The van der Waals surface area contributed by atoms with Gasteiger partial charge >= 0.3 is 0 Å². The smallest absolute Gasteiger partial charge is 0.243 e. The van der Waals surface area contributed by atoms with Gasteiger partial charge in [-0.2, -0.15) is 4.31 Å². The second-order valence-electron chi connectivity index (χ2n) is 5.63. The van der Waals surface area contributed by atoms with Crippen LogP contribution in [0.4, 0.5) is 0 Å². The van der Waals surface area contributed by atoms with Gasteiger partial charge in [0.15, 0.2) is 0 Å². The number of hydrogen-bond acceptors (Lipinski definition) is 4. The van der Waals surface area contributed by atoms with Crippen molar-refractivity contribution < 1.29 is 13.2 Å². The van der Waals surface area contributed by atoms with Crippen LogP contribution >= 0.6 is 0 Å². The molecule has 0 aliphatic carbocycles.